The highest BCUT2D eigenvalue weighted by molar-refractivity contribution is 14.1. The molecule has 1 saturated heterocycles. The van der Waals surface area contributed by atoms with Crippen molar-refractivity contribution in [1.82, 2.24) is 5.32 Å². The first-order valence-corrected chi connectivity index (χ1v) is 11.5. The number of alkyl halides is 1. The molecule has 1 saturated carbocycles. The van der Waals surface area contributed by atoms with Crippen LogP contribution in [-0.4, -0.2) is 60.2 Å². The summed E-state index contributed by atoms with van der Waals surface area (Å²) in [5.41, 5.74) is 0.424. The van der Waals surface area contributed by atoms with Crippen molar-refractivity contribution in [3.63, 3.8) is 0 Å². The highest BCUT2D eigenvalue weighted by Gasteiger charge is 2.50. The second kappa shape index (κ2) is 10.9. The van der Waals surface area contributed by atoms with Crippen LogP contribution in [0.3, 0.4) is 0 Å². The number of aliphatic hydroxyl groups is 1. The molecule has 10 heteroatoms. The van der Waals surface area contributed by atoms with Crippen molar-refractivity contribution in [1.29, 1.82) is 0 Å². The number of esters is 1. The van der Waals surface area contributed by atoms with E-state index < -0.39 is 25.3 Å². The molecule has 2 aliphatic carbocycles. The van der Waals surface area contributed by atoms with Gasteiger partial charge in [0.1, 0.15) is 0 Å². The van der Waals surface area contributed by atoms with Crippen LogP contribution in [0.15, 0.2) is 23.8 Å². The molecule has 2 N–H and O–H groups in total. The zero-order chi connectivity index (χ0) is 20.8. The molecule has 29 heavy (non-hydrogen) atoms. The number of halogens is 1. The van der Waals surface area contributed by atoms with Crippen LogP contribution in [-0.2, 0) is 28.5 Å². The van der Waals surface area contributed by atoms with Gasteiger partial charge in [-0.1, -0.05) is 47.6 Å². The van der Waals surface area contributed by atoms with Crippen molar-refractivity contribution in [3.8, 4) is 0 Å². The number of amides is 1. The fourth-order valence-electron chi connectivity index (χ4n) is 3.76. The number of fused-ring (bicyclic) bond motifs is 1. The van der Waals surface area contributed by atoms with E-state index in [1.54, 1.807) is 6.08 Å². The van der Waals surface area contributed by atoms with Gasteiger partial charge in [0.05, 0.1) is 18.3 Å². The SMILES string of the molecule is CC(=O)N[C@H]1C[C@H]2C=CC=C(C(=O)OCOC(O)OCCCI)C2OB1C1CC1. The normalized spacial score (nSPS) is 27.1. The van der Waals surface area contributed by atoms with Crippen molar-refractivity contribution in [3.05, 3.63) is 23.8 Å². The van der Waals surface area contributed by atoms with Crippen LogP contribution >= 0.6 is 22.6 Å². The number of allylic oxidation sites excluding steroid dienone is 2. The average Bonchev–Trinajstić information content (AvgIpc) is 3.51. The van der Waals surface area contributed by atoms with Crippen molar-refractivity contribution < 1.29 is 33.6 Å². The standard InChI is InChI=1S/C19H27BINO7/c1-12(23)22-16-10-13-4-2-5-15(17(13)29-20(16)14-6-7-14)18(24)27-11-28-19(25)26-9-3-8-21/h2,4-5,13-14,16-17,19,25H,3,6-11H2,1H3,(H,22,23)/t13-,16+,17?,19?/m1/s1. The molecule has 0 aromatic carbocycles. The summed E-state index contributed by atoms with van der Waals surface area (Å²) in [6, 6.07) is 0. The van der Waals surface area contributed by atoms with Crippen LogP contribution < -0.4 is 5.32 Å². The lowest BCUT2D eigenvalue weighted by Crippen LogP contribution is -2.56. The maximum absolute atomic E-state index is 12.6. The zero-order valence-corrected chi connectivity index (χ0v) is 18.6. The second-order valence-corrected chi connectivity index (χ2v) is 8.59. The first kappa shape index (κ1) is 22.7. The summed E-state index contributed by atoms with van der Waals surface area (Å²) in [5.74, 6) is -0.281. The van der Waals surface area contributed by atoms with E-state index in [2.05, 4.69) is 27.9 Å². The number of hydrogen-bond donors (Lipinski definition) is 2. The Morgan fingerprint density at radius 2 is 2.21 bits per heavy atom. The molecule has 3 aliphatic rings. The highest BCUT2D eigenvalue weighted by atomic mass is 127. The summed E-state index contributed by atoms with van der Waals surface area (Å²) in [6.07, 6.45) is 8.75. The molecule has 0 radical (unpaired) electrons. The third kappa shape index (κ3) is 6.52. The van der Waals surface area contributed by atoms with Crippen LogP contribution in [0, 0.1) is 5.92 Å². The van der Waals surface area contributed by atoms with Crippen molar-refractivity contribution in [2.24, 2.45) is 5.92 Å². The molecule has 160 valence electrons. The molecule has 0 spiro atoms. The van der Waals surface area contributed by atoms with Crippen molar-refractivity contribution >= 4 is 41.4 Å². The molecular formula is C19H27BINO7. The summed E-state index contributed by atoms with van der Waals surface area (Å²) in [4.78, 5) is 24.1. The Kier molecular flexibility index (Phi) is 8.54. The number of ether oxygens (including phenoxy) is 3. The Labute approximate surface area is 184 Å². The van der Waals surface area contributed by atoms with E-state index in [4.69, 9.17) is 18.9 Å². The highest BCUT2D eigenvalue weighted by Crippen LogP contribution is 2.45. The monoisotopic (exact) mass is 519 g/mol. The third-order valence-electron chi connectivity index (χ3n) is 5.21. The van der Waals surface area contributed by atoms with E-state index in [1.807, 2.05) is 12.2 Å². The molecule has 2 unspecified atom stereocenters. The Morgan fingerprint density at radius 3 is 2.90 bits per heavy atom. The summed E-state index contributed by atoms with van der Waals surface area (Å²) in [6.45, 7) is -0.0722. The minimum Gasteiger partial charge on any atom is -0.435 e. The van der Waals surface area contributed by atoms with Gasteiger partial charge in [-0.25, -0.2) is 4.79 Å². The quantitative estimate of drug-likeness (QED) is 0.113. The van der Waals surface area contributed by atoms with Crippen molar-refractivity contribution in [2.75, 3.05) is 17.8 Å². The number of carbonyl (C=O) groups is 2. The van der Waals surface area contributed by atoms with Gasteiger partial charge in [-0.3, -0.25) is 9.53 Å². The molecule has 3 rings (SSSR count). The average molecular weight is 519 g/mol. The minimum absolute atomic E-state index is 0.0162. The Bertz CT molecular complexity index is 654. The Hall–Kier alpha value is -0.945. The molecule has 1 amide bonds. The predicted molar refractivity (Wildman–Crippen MR) is 114 cm³/mol. The van der Waals surface area contributed by atoms with E-state index in [1.165, 1.54) is 6.92 Å². The predicted octanol–water partition coefficient (Wildman–Crippen LogP) is 1.72. The van der Waals surface area contributed by atoms with Gasteiger partial charge in [0.15, 0.2) is 6.79 Å². The molecule has 1 aliphatic heterocycles. The van der Waals surface area contributed by atoms with E-state index >= 15 is 0 Å². The fraction of sp³-hybridized carbons (Fsp3) is 0.684. The number of hydrogen-bond acceptors (Lipinski definition) is 7. The molecule has 2 fully saturated rings. The molecule has 8 nitrogen and oxygen atoms in total. The van der Waals surface area contributed by atoms with Gasteiger partial charge in [-0.2, -0.15) is 0 Å². The fourth-order valence-corrected chi connectivity index (χ4v) is 4.07. The van der Waals surface area contributed by atoms with Gasteiger partial charge in [-0.15, -0.1) is 0 Å². The Balaban J connectivity index is 1.53. The van der Waals surface area contributed by atoms with E-state index in [0.717, 1.165) is 23.7 Å². The van der Waals surface area contributed by atoms with Crippen LogP contribution in [0.1, 0.15) is 32.6 Å². The van der Waals surface area contributed by atoms with Gasteiger partial charge >= 0.3 is 12.9 Å². The van der Waals surface area contributed by atoms with Crippen LogP contribution in [0.4, 0.5) is 0 Å². The summed E-state index contributed by atoms with van der Waals surface area (Å²) < 4.78 is 22.4. The van der Waals surface area contributed by atoms with E-state index in [-0.39, 0.29) is 24.7 Å². The van der Waals surface area contributed by atoms with Gasteiger partial charge in [0.25, 0.3) is 6.48 Å². The van der Waals surface area contributed by atoms with Gasteiger partial charge < -0.3 is 24.6 Å². The maximum atomic E-state index is 12.6. The molecule has 4 atom stereocenters. The summed E-state index contributed by atoms with van der Waals surface area (Å²) in [5, 5.41) is 12.6. The van der Waals surface area contributed by atoms with E-state index in [0.29, 0.717) is 24.4 Å². The third-order valence-corrected chi connectivity index (χ3v) is 5.97. The first-order valence-electron chi connectivity index (χ1n) is 9.95. The Morgan fingerprint density at radius 1 is 1.41 bits per heavy atom. The topological polar surface area (TPSA) is 103 Å². The minimum atomic E-state index is -1.43. The smallest absolute Gasteiger partial charge is 0.338 e. The van der Waals surface area contributed by atoms with Gasteiger partial charge in [-0.05, 0) is 24.7 Å². The number of nitrogens with one attached hydrogen (secondary N) is 1. The van der Waals surface area contributed by atoms with Gasteiger partial charge in [0.2, 0.25) is 5.91 Å². The molecule has 1 heterocycles. The molecule has 0 aromatic rings. The summed E-state index contributed by atoms with van der Waals surface area (Å²) >= 11 is 2.21. The first-order chi connectivity index (χ1) is 14.0. The van der Waals surface area contributed by atoms with E-state index in [9.17, 15) is 14.7 Å². The largest absolute Gasteiger partial charge is 0.435 e. The lowest BCUT2D eigenvalue weighted by molar-refractivity contribution is -0.287. The lowest BCUT2D eigenvalue weighted by atomic mass is 9.50. The second-order valence-electron chi connectivity index (χ2n) is 7.51. The molecule has 0 bridgehead atoms. The van der Waals surface area contributed by atoms with Gasteiger partial charge in [0, 0.05) is 23.2 Å². The number of aliphatic hydroxyl groups excluding tert-OH is 1. The number of carbonyl (C=O) groups excluding carboxylic acids is 2. The maximum Gasteiger partial charge on any atom is 0.338 e. The summed E-state index contributed by atoms with van der Waals surface area (Å²) in [7, 11) is 0. The van der Waals surface area contributed by atoms with Crippen LogP contribution in [0.2, 0.25) is 5.82 Å². The van der Waals surface area contributed by atoms with Crippen LogP contribution in [0.25, 0.3) is 0 Å². The lowest BCUT2D eigenvalue weighted by Gasteiger charge is -2.41. The zero-order valence-electron chi connectivity index (χ0n) is 16.4. The van der Waals surface area contributed by atoms with Crippen LogP contribution in [0.5, 0.6) is 0 Å². The molecular weight excluding hydrogens is 492 g/mol. The van der Waals surface area contributed by atoms with Crippen molar-refractivity contribution in [2.45, 2.75) is 56.9 Å². The molecule has 0 aromatic heterocycles. The number of rotatable bonds is 10.